The molecule has 0 bridgehead atoms. The van der Waals surface area contributed by atoms with Gasteiger partial charge in [-0.15, -0.1) is 11.3 Å². The van der Waals surface area contributed by atoms with Gasteiger partial charge in [0.25, 0.3) is 0 Å². The monoisotopic (exact) mass is 393 g/mol. The van der Waals surface area contributed by atoms with Crippen LogP contribution in [0.3, 0.4) is 0 Å². The maximum atomic E-state index is 12.1. The second-order valence-corrected chi connectivity index (χ2v) is 7.84. The van der Waals surface area contributed by atoms with Crippen LogP contribution in [0.5, 0.6) is 0 Å². The van der Waals surface area contributed by atoms with Crippen LogP contribution in [0, 0.1) is 6.92 Å². The predicted octanol–water partition coefficient (Wildman–Crippen LogP) is 3.75. The molecule has 4 rings (SSSR count). The van der Waals surface area contributed by atoms with E-state index < -0.39 is 0 Å². The Morgan fingerprint density at radius 2 is 1.82 bits per heavy atom. The number of aryl methyl sites for hydroxylation is 1. The van der Waals surface area contributed by atoms with E-state index in [2.05, 4.69) is 23.3 Å². The Morgan fingerprint density at radius 3 is 2.54 bits per heavy atom. The summed E-state index contributed by atoms with van der Waals surface area (Å²) < 4.78 is 1.15. The van der Waals surface area contributed by atoms with Crippen molar-refractivity contribution in [2.45, 2.75) is 26.2 Å². The fourth-order valence-corrected chi connectivity index (χ4v) is 4.23. The average Bonchev–Trinajstić information content (AvgIpc) is 3.23. The van der Waals surface area contributed by atoms with Crippen LogP contribution in [0.2, 0.25) is 0 Å². The number of benzene rings is 2. The van der Waals surface area contributed by atoms with Crippen molar-refractivity contribution in [2.75, 3.05) is 11.9 Å². The molecule has 1 aliphatic heterocycles. The summed E-state index contributed by atoms with van der Waals surface area (Å²) in [4.78, 5) is 41.1. The average molecular weight is 393 g/mol. The van der Waals surface area contributed by atoms with Gasteiger partial charge in [-0.1, -0.05) is 6.07 Å². The number of aromatic nitrogens is 1. The fraction of sp³-hybridized carbons (Fsp3) is 0.238. The molecular formula is C21H19N3O3S. The van der Waals surface area contributed by atoms with Gasteiger partial charge in [-0.3, -0.25) is 19.3 Å². The van der Waals surface area contributed by atoms with Crippen molar-refractivity contribution in [3.63, 3.8) is 0 Å². The summed E-state index contributed by atoms with van der Waals surface area (Å²) in [6.45, 7) is 2.19. The molecule has 6 nitrogen and oxygen atoms in total. The molecule has 7 heteroatoms. The molecule has 3 amide bonds. The molecule has 0 aliphatic carbocycles. The lowest BCUT2D eigenvalue weighted by Crippen LogP contribution is -2.32. The largest absolute Gasteiger partial charge is 0.326 e. The first-order valence-corrected chi connectivity index (χ1v) is 9.92. The number of fused-ring (bicyclic) bond motifs is 1. The number of rotatable bonds is 5. The molecule has 1 N–H and O–H groups in total. The number of nitrogens with one attached hydrogen (secondary N) is 1. The highest BCUT2D eigenvalue weighted by Gasteiger charge is 2.28. The molecule has 0 unspecified atom stereocenters. The van der Waals surface area contributed by atoms with Crippen LogP contribution in [0.15, 0.2) is 42.5 Å². The lowest BCUT2D eigenvalue weighted by molar-refractivity contribution is -0.138. The van der Waals surface area contributed by atoms with Gasteiger partial charge < -0.3 is 5.32 Å². The predicted molar refractivity (Wildman–Crippen MR) is 109 cm³/mol. The minimum atomic E-state index is -0.226. The molecular weight excluding hydrogens is 374 g/mol. The quantitative estimate of drug-likeness (QED) is 0.670. The number of anilines is 1. The molecule has 1 aromatic heterocycles. The number of carbonyl (C=O) groups excluding carboxylic acids is 3. The summed E-state index contributed by atoms with van der Waals surface area (Å²) in [6.07, 6.45) is 0.580. The van der Waals surface area contributed by atoms with E-state index in [0.29, 0.717) is 5.69 Å². The molecule has 0 atom stereocenters. The lowest BCUT2D eigenvalue weighted by atomic mass is 10.2. The SMILES string of the molecule is Cc1ccc2nc(-c3ccc(NC(=O)CCN4C(=O)CCC4=O)cc3)sc2c1. The highest BCUT2D eigenvalue weighted by molar-refractivity contribution is 7.21. The summed E-state index contributed by atoms with van der Waals surface area (Å²) >= 11 is 1.64. The number of nitrogens with zero attached hydrogens (tertiary/aromatic N) is 2. The number of hydrogen-bond donors (Lipinski definition) is 1. The van der Waals surface area contributed by atoms with Gasteiger partial charge in [-0.25, -0.2) is 4.98 Å². The van der Waals surface area contributed by atoms with Gasteiger partial charge >= 0.3 is 0 Å². The summed E-state index contributed by atoms with van der Waals surface area (Å²) in [5, 5.41) is 3.74. The number of hydrogen-bond acceptors (Lipinski definition) is 5. The molecule has 1 fully saturated rings. The minimum absolute atomic E-state index is 0.0937. The molecule has 0 spiro atoms. The standard InChI is InChI=1S/C21H19N3O3S/c1-13-2-7-16-17(12-13)28-21(23-16)14-3-5-15(6-4-14)22-18(25)10-11-24-19(26)8-9-20(24)27/h2-7,12H,8-11H2,1H3,(H,22,25). The van der Waals surface area contributed by atoms with Crippen molar-refractivity contribution in [2.24, 2.45) is 0 Å². The van der Waals surface area contributed by atoms with Crippen LogP contribution in [0.25, 0.3) is 20.8 Å². The maximum absolute atomic E-state index is 12.1. The van der Waals surface area contributed by atoms with Crippen LogP contribution in [-0.4, -0.2) is 34.2 Å². The molecule has 28 heavy (non-hydrogen) atoms. The van der Waals surface area contributed by atoms with Crippen molar-refractivity contribution in [1.29, 1.82) is 0 Å². The molecule has 0 saturated carbocycles. The zero-order valence-electron chi connectivity index (χ0n) is 15.4. The third kappa shape index (κ3) is 3.80. The molecule has 0 radical (unpaired) electrons. The highest BCUT2D eigenvalue weighted by atomic mass is 32.1. The van der Waals surface area contributed by atoms with Crippen molar-refractivity contribution in [1.82, 2.24) is 9.88 Å². The Balaban J connectivity index is 1.39. The second kappa shape index (κ2) is 7.52. The van der Waals surface area contributed by atoms with Crippen LogP contribution >= 0.6 is 11.3 Å². The zero-order chi connectivity index (χ0) is 19.7. The molecule has 2 heterocycles. The van der Waals surface area contributed by atoms with E-state index >= 15 is 0 Å². The summed E-state index contributed by atoms with van der Waals surface area (Å²) in [5.41, 5.74) is 3.85. The smallest absolute Gasteiger partial charge is 0.229 e. The first kappa shape index (κ1) is 18.3. The summed E-state index contributed by atoms with van der Waals surface area (Å²) in [5.74, 6) is -0.628. The molecule has 142 valence electrons. The van der Waals surface area contributed by atoms with Gasteiger partial charge in [0.05, 0.1) is 10.2 Å². The van der Waals surface area contributed by atoms with E-state index in [-0.39, 0.29) is 43.5 Å². The topological polar surface area (TPSA) is 79.4 Å². The van der Waals surface area contributed by atoms with Gasteiger partial charge in [0.1, 0.15) is 5.01 Å². The van der Waals surface area contributed by atoms with E-state index in [1.807, 2.05) is 36.4 Å². The van der Waals surface area contributed by atoms with Crippen LogP contribution in [0.1, 0.15) is 24.8 Å². The van der Waals surface area contributed by atoms with Gasteiger partial charge in [0, 0.05) is 37.1 Å². The third-order valence-corrected chi connectivity index (χ3v) is 5.74. The molecule has 1 aliphatic rings. The Labute approximate surface area is 166 Å². The van der Waals surface area contributed by atoms with E-state index in [9.17, 15) is 14.4 Å². The van der Waals surface area contributed by atoms with Crippen LogP contribution < -0.4 is 5.32 Å². The van der Waals surface area contributed by atoms with Gasteiger partial charge in [0.2, 0.25) is 17.7 Å². The van der Waals surface area contributed by atoms with Crippen LogP contribution in [-0.2, 0) is 14.4 Å². The number of imide groups is 1. The van der Waals surface area contributed by atoms with E-state index in [1.165, 1.54) is 5.56 Å². The van der Waals surface area contributed by atoms with Crippen molar-refractivity contribution in [3.8, 4) is 10.6 Å². The van der Waals surface area contributed by atoms with Crippen molar-refractivity contribution in [3.05, 3.63) is 48.0 Å². The van der Waals surface area contributed by atoms with E-state index in [0.717, 1.165) is 25.7 Å². The third-order valence-electron chi connectivity index (χ3n) is 4.68. The Hall–Kier alpha value is -3.06. The lowest BCUT2D eigenvalue weighted by Gasteiger charge is -2.13. The number of likely N-dealkylation sites (tertiary alicyclic amines) is 1. The van der Waals surface area contributed by atoms with E-state index in [4.69, 9.17) is 0 Å². The Kier molecular flexibility index (Phi) is 4.92. The number of carbonyl (C=O) groups is 3. The Bertz CT molecular complexity index is 1060. The maximum Gasteiger partial charge on any atom is 0.229 e. The first-order valence-electron chi connectivity index (χ1n) is 9.10. The normalized spacial score (nSPS) is 14.1. The van der Waals surface area contributed by atoms with Gasteiger partial charge in [0.15, 0.2) is 0 Å². The second-order valence-electron chi connectivity index (χ2n) is 6.80. The molecule has 3 aromatic rings. The summed E-state index contributed by atoms with van der Waals surface area (Å²) in [7, 11) is 0. The van der Waals surface area contributed by atoms with Gasteiger partial charge in [-0.2, -0.15) is 0 Å². The van der Waals surface area contributed by atoms with Crippen LogP contribution in [0.4, 0.5) is 5.69 Å². The fourth-order valence-electron chi connectivity index (χ4n) is 3.16. The van der Waals surface area contributed by atoms with E-state index in [1.54, 1.807) is 11.3 Å². The number of thiazole rings is 1. The van der Waals surface area contributed by atoms with Crippen molar-refractivity contribution >= 4 is 45.0 Å². The Morgan fingerprint density at radius 1 is 1.11 bits per heavy atom. The highest BCUT2D eigenvalue weighted by Crippen LogP contribution is 2.31. The van der Waals surface area contributed by atoms with Gasteiger partial charge in [-0.05, 0) is 48.9 Å². The summed E-state index contributed by atoms with van der Waals surface area (Å²) in [6, 6.07) is 13.7. The number of amides is 3. The molecule has 2 aromatic carbocycles. The first-order chi connectivity index (χ1) is 13.5. The molecule has 1 saturated heterocycles. The van der Waals surface area contributed by atoms with Crippen molar-refractivity contribution < 1.29 is 14.4 Å². The minimum Gasteiger partial charge on any atom is -0.326 e. The zero-order valence-corrected chi connectivity index (χ0v) is 16.2.